The van der Waals surface area contributed by atoms with E-state index in [1.165, 1.54) is 13.8 Å². The van der Waals surface area contributed by atoms with Gasteiger partial charge in [-0.05, 0) is 41.5 Å². The van der Waals surface area contributed by atoms with E-state index in [2.05, 4.69) is 0 Å². The summed E-state index contributed by atoms with van der Waals surface area (Å²) in [5, 5.41) is 0. The van der Waals surface area contributed by atoms with Gasteiger partial charge < -0.3 is 20.9 Å². The van der Waals surface area contributed by atoms with Gasteiger partial charge in [-0.1, -0.05) is 0 Å². The van der Waals surface area contributed by atoms with Gasteiger partial charge >= 0.3 is 0 Å². The second-order valence-corrected chi connectivity index (χ2v) is 5.46. The molecule has 0 spiro atoms. The minimum atomic E-state index is -0.980. The Hall–Kier alpha value is -0.820. The summed E-state index contributed by atoms with van der Waals surface area (Å²) < 4.78 is 10.4. The molecule has 18 heavy (non-hydrogen) atoms. The zero-order chi connectivity index (χ0) is 14.7. The fourth-order valence-corrected chi connectivity index (χ4v) is 1.42. The minimum Gasteiger partial charge on any atom is -0.350 e. The van der Waals surface area contributed by atoms with Crippen LogP contribution in [0.5, 0.6) is 0 Å². The number of nitrogens with two attached hydrogens (primary N) is 2. The Labute approximate surface area is 108 Å². The zero-order valence-corrected chi connectivity index (χ0v) is 11.9. The molecule has 0 amide bonds. The molecule has 0 fully saturated rings. The molecule has 6 heteroatoms. The molecule has 0 bridgehead atoms. The fourth-order valence-electron chi connectivity index (χ4n) is 1.42. The Bertz CT molecular complexity index is 283. The van der Waals surface area contributed by atoms with E-state index in [1.54, 1.807) is 27.7 Å². The average Bonchev–Trinajstić information content (AvgIpc) is 2.09. The number of ketones is 2. The summed E-state index contributed by atoms with van der Waals surface area (Å²) in [7, 11) is 0. The van der Waals surface area contributed by atoms with Crippen molar-refractivity contribution in [2.75, 3.05) is 0 Å². The SMILES string of the molecule is CC(OC(C)(C)N)C(=O)C(=O)C(C)OC(C)(C)N. The maximum absolute atomic E-state index is 11.8. The second kappa shape index (κ2) is 5.88. The Morgan fingerprint density at radius 2 is 1.06 bits per heavy atom. The molecule has 0 aliphatic rings. The van der Waals surface area contributed by atoms with Gasteiger partial charge in [-0.25, -0.2) is 0 Å². The van der Waals surface area contributed by atoms with Crippen LogP contribution < -0.4 is 11.5 Å². The molecule has 0 radical (unpaired) electrons. The lowest BCUT2D eigenvalue weighted by atomic mass is 10.1. The molecule has 0 aliphatic carbocycles. The molecule has 0 heterocycles. The van der Waals surface area contributed by atoms with Crippen molar-refractivity contribution in [3.63, 3.8) is 0 Å². The molecule has 4 N–H and O–H groups in total. The van der Waals surface area contributed by atoms with Crippen LogP contribution in [0.1, 0.15) is 41.5 Å². The van der Waals surface area contributed by atoms with Crippen LogP contribution in [-0.2, 0) is 19.1 Å². The summed E-state index contributed by atoms with van der Waals surface area (Å²) >= 11 is 0. The first kappa shape index (κ1) is 17.2. The van der Waals surface area contributed by atoms with Crippen molar-refractivity contribution in [3.05, 3.63) is 0 Å². The highest BCUT2D eigenvalue weighted by atomic mass is 16.5. The molecule has 0 saturated heterocycles. The standard InChI is InChI=1S/C12H24N2O4/c1-7(17-11(3,4)13)9(15)10(16)8(2)18-12(5,6)14/h7-8H,13-14H2,1-6H3. The van der Waals surface area contributed by atoms with Gasteiger partial charge in [0.05, 0.1) is 0 Å². The molecule has 0 saturated carbocycles. The summed E-state index contributed by atoms with van der Waals surface area (Å²) in [5.74, 6) is -1.35. The van der Waals surface area contributed by atoms with Crippen LogP contribution in [0.4, 0.5) is 0 Å². The quantitative estimate of drug-likeness (QED) is 0.504. The summed E-state index contributed by atoms with van der Waals surface area (Å²) in [4.78, 5) is 23.6. The summed E-state index contributed by atoms with van der Waals surface area (Å²) in [6.45, 7) is 9.37. The molecule has 2 atom stereocenters. The molecule has 6 nitrogen and oxygen atoms in total. The first-order valence-electron chi connectivity index (χ1n) is 5.85. The van der Waals surface area contributed by atoms with Crippen LogP contribution in [0.25, 0.3) is 0 Å². The van der Waals surface area contributed by atoms with Crippen LogP contribution in [0.3, 0.4) is 0 Å². The van der Waals surface area contributed by atoms with Gasteiger partial charge in [0.1, 0.15) is 23.7 Å². The van der Waals surface area contributed by atoms with E-state index in [9.17, 15) is 9.59 Å². The van der Waals surface area contributed by atoms with Crippen LogP contribution in [0.15, 0.2) is 0 Å². The van der Waals surface area contributed by atoms with Crippen molar-refractivity contribution in [2.45, 2.75) is 65.2 Å². The lowest BCUT2D eigenvalue weighted by Crippen LogP contribution is -2.47. The highest BCUT2D eigenvalue weighted by Gasteiger charge is 2.32. The molecule has 0 aromatic carbocycles. The van der Waals surface area contributed by atoms with Crippen molar-refractivity contribution < 1.29 is 19.1 Å². The van der Waals surface area contributed by atoms with Crippen molar-refractivity contribution in [1.82, 2.24) is 0 Å². The number of hydrogen-bond donors (Lipinski definition) is 2. The third-order valence-electron chi connectivity index (χ3n) is 1.94. The van der Waals surface area contributed by atoms with Crippen molar-refractivity contribution in [1.29, 1.82) is 0 Å². The van der Waals surface area contributed by atoms with Crippen LogP contribution in [0, 0.1) is 0 Å². The van der Waals surface area contributed by atoms with Gasteiger partial charge in [-0.3, -0.25) is 9.59 Å². The Morgan fingerprint density at radius 3 is 1.22 bits per heavy atom. The number of carbonyl (C=O) groups is 2. The highest BCUT2D eigenvalue weighted by Crippen LogP contribution is 2.10. The first-order chi connectivity index (χ1) is 7.83. The molecule has 106 valence electrons. The average molecular weight is 260 g/mol. The molecule has 0 rings (SSSR count). The van der Waals surface area contributed by atoms with Gasteiger partial charge in [0.2, 0.25) is 11.6 Å². The number of rotatable bonds is 7. The van der Waals surface area contributed by atoms with Gasteiger partial charge in [-0.2, -0.15) is 0 Å². The molecular weight excluding hydrogens is 236 g/mol. The van der Waals surface area contributed by atoms with Crippen LogP contribution in [0.2, 0.25) is 0 Å². The van der Waals surface area contributed by atoms with Gasteiger partial charge in [0.25, 0.3) is 0 Å². The van der Waals surface area contributed by atoms with Gasteiger partial charge in [0, 0.05) is 0 Å². The van der Waals surface area contributed by atoms with E-state index in [0.717, 1.165) is 0 Å². The predicted molar refractivity (Wildman–Crippen MR) is 67.6 cm³/mol. The lowest BCUT2D eigenvalue weighted by Gasteiger charge is -2.26. The smallest absolute Gasteiger partial charge is 0.229 e. The monoisotopic (exact) mass is 260 g/mol. The minimum absolute atomic E-state index is 0.676. The number of Topliss-reactive ketones (excluding diaryl/α,β-unsaturated/α-hetero) is 2. The molecule has 0 aromatic rings. The topological polar surface area (TPSA) is 105 Å². The van der Waals surface area contributed by atoms with Gasteiger partial charge in [0.15, 0.2) is 0 Å². The molecular formula is C12H24N2O4. The Morgan fingerprint density at radius 1 is 0.833 bits per heavy atom. The van der Waals surface area contributed by atoms with E-state index < -0.39 is 35.2 Å². The van der Waals surface area contributed by atoms with Crippen LogP contribution in [-0.4, -0.2) is 35.2 Å². The van der Waals surface area contributed by atoms with Crippen molar-refractivity contribution in [2.24, 2.45) is 11.5 Å². The Kier molecular flexibility index (Phi) is 5.61. The van der Waals surface area contributed by atoms with Gasteiger partial charge in [-0.15, -0.1) is 0 Å². The summed E-state index contributed by atoms with van der Waals surface area (Å²) in [6, 6.07) is 0. The van der Waals surface area contributed by atoms with E-state index in [-0.39, 0.29) is 0 Å². The van der Waals surface area contributed by atoms with Crippen LogP contribution >= 0.6 is 0 Å². The number of carbonyl (C=O) groups excluding carboxylic acids is 2. The number of hydrogen-bond acceptors (Lipinski definition) is 6. The normalized spacial score (nSPS) is 16.2. The maximum Gasteiger partial charge on any atom is 0.229 e. The van der Waals surface area contributed by atoms with E-state index in [0.29, 0.717) is 0 Å². The summed E-state index contributed by atoms with van der Waals surface area (Å²) in [6.07, 6.45) is -1.83. The molecule has 2 unspecified atom stereocenters. The lowest BCUT2D eigenvalue weighted by molar-refractivity contribution is -0.158. The number of ether oxygens (including phenoxy) is 2. The Balaban J connectivity index is 4.56. The molecule has 0 aromatic heterocycles. The van der Waals surface area contributed by atoms with Crippen molar-refractivity contribution >= 4 is 11.6 Å². The van der Waals surface area contributed by atoms with E-state index >= 15 is 0 Å². The summed E-state index contributed by atoms with van der Waals surface area (Å²) in [5.41, 5.74) is 9.27. The predicted octanol–water partition coefficient (Wildman–Crippen LogP) is 0.324. The highest BCUT2D eigenvalue weighted by molar-refractivity contribution is 6.40. The third kappa shape index (κ3) is 6.80. The fraction of sp³-hybridized carbons (Fsp3) is 0.833. The maximum atomic E-state index is 11.8. The first-order valence-corrected chi connectivity index (χ1v) is 5.85. The zero-order valence-electron chi connectivity index (χ0n) is 11.9. The third-order valence-corrected chi connectivity index (χ3v) is 1.94. The van der Waals surface area contributed by atoms with E-state index in [4.69, 9.17) is 20.9 Å². The molecule has 0 aliphatic heterocycles. The van der Waals surface area contributed by atoms with Crippen molar-refractivity contribution in [3.8, 4) is 0 Å². The van der Waals surface area contributed by atoms with E-state index in [1.807, 2.05) is 0 Å². The largest absolute Gasteiger partial charge is 0.350 e. The second-order valence-electron chi connectivity index (χ2n) is 5.46.